The molecule has 2 aliphatic heterocycles. The molecule has 0 radical (unpaired) electrons. The molecule has 2 unspecified atom stereocenters. The number of nitrogens with one attached hydrogen (secondary N) is 1. The number of carbonyl (C=O) groups is 3. The number of phenols is 1. The van der Waals surface area contributed by atoms with Gasteiger partial charge < -0.3 is 14.9 Å². The highest BCUT2D eigenvalue weighted by Crippen LogP contribution is 2.40. The molecule has 1 saturated heterocycles. The lowest BCUT2D eigenvalue weighted by Gasteiger charge is -2.27. The number of fused-ring (bicyclic) bond motifs is 1. The molecule has 170 valence electrons. The smallest absolute Gasteiger partial charge is 0.335 e. The second-order valence-corrected chi connectivity index (χ2v) is 9.26. The van der Waals surface area contributed by atoms with Gasteiger partial charge in [-0.2, -0.15) is 0 Å². The summed E-state index contributed by atoms with van der Waals surface area (Å²) < 4.78 is 5.87. The number of hydrogen-bond donors (Lipinski definition) is 3. The largest absolute Gasteiger partial charge is 0.507 e. The normalized spacial score (nSPS) is 19.4. The topological polar surface area (TPSA) is 113 Å². The van der Waals surface area contributed by atoms with Crippen molar-refractivity contribution in [3.63, 3.8) is 0 Å². The number of carbonyl (C=O) groups excluding carboxylic acids is 2. The number of ether oxygens (including phenoxy) is 1. The minimum absolute atomic E-state index is 0.202. The van der Waals surface area contributed by atoms with Gasteiger partial charge in [0.1, 0.15) is 11.5 Å². The fraction of sp³-hybridized carbons (Fsp3) is 0.375. The van der Waals surface area contributed by atoms with Crippen LogP contribution in [0.25, 0.3) is 0 Å². The third kappa shape index (κ3) is 5.07. The Labute approximate surface area is 191 Å². The van der Waals surface area contributed by atoms with Crippen LogP contribution in [0, 0.1) is 20.8 Å². The van der Waals surface area contributed by atoms with Crippen LogP contribution in [-0.4, -0.2) is 38.7 Å². The van der Waals surface area contributed by atoms with Crippen molar-refractivity contribution in [3.8, 4) is 11.5 Å². The molecule has 0 saturated carbocycles. The molecule has 2 aliphatic rings. The Bertz CT molecular complexity index is 1060. The van der Waals surface area contributed by atoms with Gasteiger partial charge in [-0.3, -0.25) is 14.9 Å². The van der Waals surface area contributed by atoms with E-state index in [2.05, 4.69) is 12.2 Å². The zero-order valence-electron chi connectivity index (χ0n) is 18.5. The van der Waals surface area contributed by atoms with Crippen molar-refractivity contribution in [3.05, 3.63) is 57.6 Å². The Morgan fingerprint density at radius 2 is 1.78 bits per heavy atom. The number of rotatable bonds is 3. The van der Waals surface area contributed by atoms with E-state index in [4.69, 9.17) is 9.84 Å². The zero-order chi connectivity index (χ0) is 23.6. The van der Waals surface area contributed by atoms with E-state index in [0.29, 0.717) is 18.3 Å². The van der Waals surface area contributed by atoms with E-state index >= 15 is 0 Å². The van der Waals surface area contributed by atoms with E-state index in [1.54, 1.807) is 12.1 Å². The van der Waals surface area contributed by atoms with Crippen LogP contribution in [0.1, 0.15) is 51.5 Å². The summed E-state index contributed by atoms with van der Waals surface area (Å²) in [5, 5.41) is 20.1. The summed E-state index contributed by atoms with van der Waals surface area (Å²) in [4.78, 5) is 32.9. The minimum atomic E-state index is -0.986. The molecule has 0 aliphatic carbocycles. The molecule has 2 aromatic rings. The summed E-state index contributed by atoms with van der Waals surface area (Å²) in [6.45, 7) is 8.03. The Morgan fingerprint density at radius 1 is 1.12 bits per heavy atom. The average molecular weight is 458 g/mol. The molecule has 7 nitrogen and oxygen atoms in total. The maximum absolute atomic E-state index is 11.3. The Kier molecular flexibility index (Phi) is 7.13. The number of imide groups is 1. The van der Waals surface area contributed by atoms with E-state index in [-0.39, 0.29) is 16.7 Å². The molecule has 2 heterocycles. The lowest BCUT2D eigenvalue weighted by Crippen LogP contribution is -2.25. The van der Waals surface area contributed by atoms with Gasteiger partial charge in [-0.15, -0.1) is 0 Å². The number of carboxylic acids is 1. The number of aromatic hydroxyl groups is 1. The van der Waals surface area contributed by atoms with Gasteiger partial charge in [0.2, 0.25) is 5.91 Å². The Morgan fingerprint density at radius 3 is 2.34 bits per heavy atom. The maximum Gasteiger partial charge on any atom is 0.335 e. The molecule has 32 heavy (non-hydrogen) atoms. The quantitative estimate of drug-likeness (QED) is 0.629. The molecule has 0 spiro atoms. The zero-order valence-corrected chi connectivity index (χ0v) is 19.3. The second-order valence-electron chi connectivity index (χ2n) is 8.09. The molecule has 3 N–H and O–H groups in total. The number of phenolic OH excluding ortho intramolecular Hbond substituents is 1. The summed E-state index contributed by atoms with van der Waals surface area (Å²) in [7, 11) is 0. The lowest BCUT2D eigenvalue weighted by atomic mass is 9.92. The SMILES string of the molecule is Cc1c(C)c2c(c(C)c1O)CCC(C)O2.O=C1NC(=O)C(Cc2ccc(C(=O)O)cc2)S1. The lowest BCUT2D eigenvalue weighted by molar-refractivity contribution is -0.118. The number of hydrogen-bond acceptors (Lipinski definition) is 6. The van der Waals surface area contributed by atoms with Crippen LogP contribution in [0.2, 0.25) is 0 Å². The van der Waals surface area contributed by atoms with Crippen LogP contribution in [0.4, 0.5) is 4.79 Å². The predicted molar refractivity (Wildman–Crippen MR) is 123 cm³/mol. The first kappa shape index (κ1) is 23.7. The minimum Gasteiger partial charge on any atom is -0.507 e. The maximum atomic E-state index is 11.3. The number of carboxylic acid groups (broad SMARTS) is 1. The van der Waals surface area contributed by atoms with Crippen molar-refractivity contribution in [2.75, 3.05) is 0 Å². The summed E-state index contributed by atoms with van der Waals surface area (Å²) in [6.07, 6.45) is 2.76. The first-order valence-electron chi connectivity index (χ1n) is 10.4. The van der Waals surface area contributed by atoms with E-state index < -0.39 is 11.2 Å². The highest BCUT2D eigenvalue weighted by Gasteiger charge is 2.31. The van der Waals surface area contributed by atoms with Crippen LogP contribution < -0.4 is 10.1 Å². The van der Waals surface area contributed by atoms with Gasteiger partial charge in [0.25, 0.3) is 5.24 Å². The van der Waals surface area contributed by atoms with Crippen LogP contribution in [0.5, 0.6) is 11.5 Å². The first-order chi connectivity index (χ1) is 15.1. The summed E-state index contributed by atoms with van der Waals surface area (Å²) in [6, 6.07) is 6.27. The monoisotopic (exact) mass is 457 g/mol. The van der Waals surface area contributed by atoms with Crippen molar-refractivity contribution in [2.24, 2.45) is 0 Å². The standard InChI is InChI=1S/C13H18O2.C11H9NO4S/c1-7-5-6-11-10(4)12(14)8(2)9(3)13(11)15-7;13-9-8(17-11(16)12-9)5-6-1-3-7(4-2-6)10(14)15/h7,14H,5-6H2,1-4H3;1-4,8H,5H2,(H,14,15)(H,12,13,16). The van der Waals surface area contributed by atoms with Crippen molar-refractivity contribution in [2.45, 2.75) is 58.3 Å². The summed E-state index contributed by atoms with van der Waals surface area (Å²) in [5.74, 6) is 0.160. The van der Waals surface area contributed by atoms with E-state index in [0.717, 1.165) is 52.6 Å². The van der Waals surface area contributed by atoms with Gasteiger partial charge in [-0.25, -0.2) is 4.79 Å². The molecule has 1 fully saturated rings. The van der Waals surface area contributed by atoms with Crippen molar-refractivity contribution >= 4 is 28.9 Å². The van der Waals surface area contributed by atoms with Gasteiger partial charge in [-0.05, 0) is 81.3 Å². The van der Waals surface area contributed by atoms with Gasteiger partial charge >= 0.3 is 5.97 Å². The van der Waals surface area contributed by atoms with Crippen LogP contribution in [-0.2, 0) is 17.6 Å². The van der Waals surface area contributed by atoms with Crippen molar-refractivity contribution < 1.29 is 29.3 Å². The van der Waals surface area contributed by atoms with Gasteiger partial charge in [0.05, 0.1) is 16.9 Å². The number of amides is 2. The van der Waals surface area contributed by atoms with E-state index in [1.807, 2.05) is 20.8 Å². The molecule has 0 bridgehead atoms. The van der Waals surface area contributed by atoms with Crippen LogP contribution >= 0.6 is 11.8 Å². The van der Waals surface area contributed by atoms with Crippen molar-refractivity contribution in [1.29, 1.82) is 0 Å². The molecule has 2 amide bonds. The molecule has 8 heteroatoms. The Hall–Kier alpha value is -3.00. The summed E-state index contributed by atoms with van der Waals surface area (Å²) in [5.41, 5.74) is 5.24. The first-order valence-corrected chi connectivity index (χ1v) is 11.3. The van der Waals surface area contributed by atoms with Gasteiger partial charge in [0.15, 0.2) is 0 Å². The fourth-order valence-corrected chi connectivity index (χ4v) is 4.62. The van der Waals surface area contributed by atoms with Crippen molar-refractivity contribution in [1.82, 2.24) is 5.32 Å². The molecular weight excluding hydrogens is 430 g/mol. The molecule has 2 aromatic carbocycles. The molecule has 0 aromatic heterocycles. The third-order valence-corrected chi connectivity index (χ3v) is 6.83. The fourth-order valence-electron chi connectivity index (χ4n) is 3.76. The third-order valence-electron chi connectivity index (χ3n) is 5.85. The average Bonchev–Trinajstić information content (AvgIpc) is 3.08. The Balaban J connectivity index is 0.000000182. The van der Waals surface area contributed by atoms with Crippen LogP contribution in [0.15, 0.2) is 24.3 Å². The number of aromatic carboxylic acids is 1. The molecule has 2 atom stereocenters. The molecular formula is C24H27NO6S. The van der Waals surface area contributed by atoms with E-state index in [1.165, 1.54) is 17.7 Å². The molecule has 4 rings (SSSR count). The number of benzene rings is 2. The number of thioether (sulfide) groups is 1. The second kappa shape index (κ2) is 9.65. The highest BCUT2D eigenvalue weighted by atomic mass is 32.2. The van der Waals surface area contributed by atoms with Crippen LogP contribution in [0.3, 0.4) is 0 Å². The van der Waals surface area contributed by atoms with Gasteiger partial charge in [0, 0.05) is 5.56 Å². The highest BCUT2D eigenvalue weighted by molar-refractivity contribution is 8.15. The van der Waals surface area contributed by atoms with Gasteiger partial charge in [-0.1, -0.05) is 23.9 Å². The predicted octanol–water partition coefficient (Wildman–Crippen LogP) is 4.31. The van der Waals surface area contributed by atoms with E-state index in [9.17, 15) is 19.5 Å². The summed E-state index contributed by atoms with van der Waals surface area (Å²) >= 11 is 0.963.